The van der Waals surface area contributed by atoms with Crippen molar-refractivity contribution in [2.24, 2.45) is 42.1 Å². The molecule has 0 amide bonds. The number of nitrogens with zero attached hydrogens (tertiary/aromatic N) is 4. The second-order valence-corrected chi connectivity index (χ2v) is 18.5. The molecule has 0 atom stereocenters. The quantitative estimate of drug-likeness (QED) is 0.291. The Morgan fingerprint density at radius 3 is 0.865 bits per heavy atom. The topological polar surface area (TPSA) is 83.6 Å². The van der Waals surface area contributed by atoms with Gasteiger partial charge in [-0.3, -0.25) is 9.59 Å². The lowest BCUT2D eigenvalue weighted by Crippen LogP contribution is -2.27. The summed E-state index contributed by atoms with van der Waals surface area (Å²) in [6, 6.07) is 8.58. The Labute approximate surface area is 312 Å². The molecule has 0 aliphatic heterocycles. The van der Waals surface area contributed by atoms with E-state index in [1.165, 1.54) is 0 Å². The van der Waals surface area contributed by atoms with E-state index in [-0.39, 0.29) is 33.2 Å². The number of Topliss-reactive ketones (excluding diaryl/α,β-unsaturated/α-hetero) is 2. The number of carbonyl (C=O) groups excluding carboxylic acids is 2. The molecule has 0 aromatic heterocycles. The number of ketones is 2. The van der Waals surface area contributed by atoms with Gasteiger partial charge in [0, 0.05) is 22.3 Å². The summed E-state index contributed by atoms with van der Waals surface area (Å²) in [7, 11) is 0. The molecule has 52 heavy (non-hydrogen) atoms. The standard InChI is InChI=1S/C46H58N4O2/c1-27-17-33(18-28(2)39(27)49-47-25-31-21-35(43(5,6)7)41(51)36(22-31)44(8,9)10)34-19-29(3)40(30(4)20-34)50-48-26-32-23-37(45(11,12)13)42(52)38(24-32)46(14,15)16/h17-26H,1-16H3/b49-47+,50-48+. The highest BCUT2D eigenvalue weighted by atomic mass is 16.1. The summed E-state index contributed by atoms with van der Waals surface area (Å²) in [6.45, 7) is 33.0. The Kier molecular flexibility index (Phi) is 11.2. The summed E-state index contributed by atoms with van der Waals surface area (Å²) < 4.78 is 0. The molecule has 0 spiro atoms. The molecular formula is C46H58N4O2. The predicted molar refractivity (Wildman–Crippen MR) is 216 cm³/mol. The zero-order valence-corrected chi connectivity index (χ0v) is 34.4. The van der Waals surface area contributed by atoms with Crippen molar-refractivity contribution in [3.05, 3.63) is 117 Å². The van der Waals surface area contributed by atoms with Gasteiger partial charge in [-0.2, -0.15) is 20.5 Å². The van der Waals surface area contributed by atoms with E-state index in [1.807, 2.05) is 24.3 Å². The van der Waals surface area contributed by atoms with Crippen molar-refractivity contribution < 1.29 is 9.59 Å². The van der Waals surface area contributed by atoms with E-state index in [4.69, 9.17) is 0 Å². The number of azo groups is 2. The van der Waals surface area contributed by atoms with E-state index in [9.17, 15) is 9.59 Å². The first kappa shape index (κ1) is 40.2. The van der Waals surface area contributed by atoms with Gasteiger partial charge in [-0.05, 0) is 142 Å². The maximum absolute atomic E-state index is 13.3. The van der Waals surface area contributed by atoms with Gasteiger partial charge in [-0.15, -0.1) is 0 Å². The van der Waals surface area contributed by atoms with E-state index < -0.39 is 0 Å². The lowest BCUT2D eigenvalue weighted by molar-refractivity contribution is -0.114. The fraction of sp³-hybridized carbons (Fsp3) is 0.435. The van der Waals surface area contributed by atoms with E-state index in [1.54, 1.807) is 12.4 Å². The van der Waals surface area contributed by atoms with Crippen LogP contribution in [0, 0.1) is 49.4 Å². The Morgan fingerprint density at radius 1 is 0.423 bits per heavy atom. The van der Waals surface area contributed by atoms with Crippen molar-refractivity contribution in [3.63, 3.8) is 0 Å². The lowest BCUT2D eigenvalue weighted by Gasteiger charge is -2.31. The van der Waals surface area contributed by atoms with Crippen LogP contribution in [0.25, 0.3) is 11.1 Å². The summed E-state index contributed by atoms with van der Waals surface area (Å²) >= 11 is 0. The van der Waals surface area contributed by atoms with Crippen molar-refractivity contribution in [3.8, 4) is 11.1 Å². The zero-order chi connectivity index (χ0) is 39.1. The van der Waals surface area contributed by atoms with Crippen LogP contribution in [0.3, 0.4) is 0 Å². The number of carbonyl (C=O) groups is 2. The smallest absolute Gasteiger partial charge is 0.186 e. The zero-order valence-electron chi connectivity index (χ0n) is 34.4. The predicted octanol–water partition coefficient (Wildman–Crippen LogP) is 13.6. The van der Waals surface area contributed by atoms with Crippen LogP contribution in [0.15, 0.2) is 115 Å². The molecule has 2 aliphatic rings. The van der Waals surface area contributed by atoms with Crippen LogP contribution in [0.5, 0.6) is 0 Å². The monoisotopic (exact) mass is 698 g/mol. The number of benzene rings is 2. The molecule has 0 unspecified atom stereocenters. The minimum Gasteiger partial charge on any atom is -0.289 e. The average Bonchev–Trinajstić information content (AvgIpc) is 2.98. The van der Waals surface area contributed by atoms with Crippen molar-refractivity contribution in [2.75, 3.05) is 0 Å². The molecular weight excluding hydrogens is 641 g/mol. The molecule has 0 saturated heterocycles. The SMILES string of the molecule is Cc1cc(-c2cc(C)c(/N=N/C=C3C=C(C(C)(C)C)C(=O)C(C(C)(C)C)=C3)c(C)c2)cc(C)c1/N=N/C=C1C=C(C(C)(C)C)C(=O)C(C(C)(C)C)=C1. The molecule has 0 bridgehead atoms. The second-order valence-electron chi connectivity index (χ2n) is 18.5. The van der Waals surface area contributed by atoms with Crippen LogP contribution in [-0.4, -0.2) is 11.6 Å². The van der Waals surface area contributed by atoms with Crippen LogP contribution in [0.1, 0.15) is 105 Å². The van der Waals surface area contributed by atoms with E-state index in [2.05, 4.69) is 156 Å². The maximum Gasteiger partial charge on any atom is 0.186 e. The molecule has 6 nitrogen and oxygen atoms in total. The first-order chi connectivity index (χ1) is 23.8. The summed E-state index contributed by atoms with van der Waals surface area (Å²) in [5.74, 6) is 0.209. The summed E-state index contributed by atoms with van der Waals surface area (Å²) in [5.41, 5.74) is 11.7. The number of rotatable bonds is 5. The van der Waals surface area contributed by atoms with Crippen LogP contribution in [0.2, 0.25) is 0 Å². The lowest BCUT2D eigenvalue weighted by atomic mass is 9.72. The Hall–Kier alpha value is -4.58. The van der Waals surface area contributed by atoms with Gasteiger partial charge in [0.05, 0.1) is 23.8 Å². The van der Waals surface area contributed by atoms with Crippen molar-refractivity contribution in [2.45, 2.75) is 111 Å². The van der Waals surface area contributed by atoms with Gasteiger partial charge in [0.25, 0.3) is 0 Å². The molecule has 0 radical (unpaired) electrons. The molecule has 0 heterocycles. The maximum atomic E-state index is 13.3. The van der Waals surface area contributed by atoms with Gasteiger partial charge in [0.15, 0.2) is 11.6 Å². The molecule has 2 aliphatic carbocycles. The highest BCUT2D eigenvalue weighted by Gasteiger charge is 2.35. The van der Waals surface area contributed by atoms with Crippen LogP contribution in [-0.2, 0) is 9.59 Å². The van der Waals surface area contributed by atoms with Crippen LogP contribution >= 0.6 is 0 Å². The van der Waals surface area contributed by atoms with Gasteiger partial charge in [0.2, 0.25) is 0 Å². The number of hydrogen-bond donors (Lipinski definition) is 0. The Morgan fingerprint density at radius 2 is 0.654 bits per heavy atom. The number of hydrogen-bond acceptors (Lipinski definition) is 6. The average molecular weight is 699 g/mol. The van der Waals surface area contributed by atoms with Gasteiger partial charge in [0.1, 0.15) is 0 Å². The van der Waals surface area contributed by atoms with E-state index in [0.29, 0.717) is 0 Å². The number of allylic oxidation sites excluding steroid dienone is 10. The summed E-state index contributed by atoms with van der Waals surface area (Å²) in [5, 5.41) is 18.3. The van der Waals surface area contributed by atoms with E-state index in [0.717, 1.165) is 78.2 Å². The van der Waals surface area contributed by atoms with E-state index >= 15 is 0 Å². The van der Waals surface area contributed by atoms with Gasteiger partial charge in [-0.25, -0.2) is 0 Å². The van der Waals surface area contributed by atoms with Crippen molar-refractivity contribution >= 4 is 22.9 Å². The van der Waals surface area contributed by atoms with Crippen molar-refractivity contribution in [1.82, 2.24) is 0 Å². The van der Waals surface area contributed by atoms with Gasteiger partial charge in [-0.1, -0.05) is 83.1 Å². The highest BCUT2D eigenvalue weighted by molar-refractivity contribution is 6.12. The van der Waals surface area contributed by atoms with Gasteiger partial charge >= 0.3 is 0 Å². The largest absolute Gasteiger partial charge is 0.289 e. The number of aryl methyl sites for hydroxylation is 4. The fourth-order valence-electron chi connectivity index (χ4n) is 6.55. The minimum absolute atomic E-state index is 0.104. The minimum atomic E-state index is -0.282. The molecule has 4 rings (SSSR count). The Bertz CT molecular complexity index is 1800. The molecule has 0 fully saturated rings. The first-order valence-electron chi connectivity index (χ1n) is 18.2. The fourth-order valence-corrected chi connectivity index (χ4v) is 6.55. The molecule has 2 aromatic carbocycles. The van der Waals surface area contributed by atoms with Crippen molar-refractivity contribution in [1.29, 1.82) is 0 Å². The van der Waals surface area contributed by atoms with Gasteiger partial charge < -0.3 is 0 Å². The third kappa shape index (κ3) is 9.07. The Balaban J connectivity index is 1.63. The third-order valence-electron chi connectivity index (χ3n) is 9.50. The van der Waals surface area contributed by atoms with Crippen LogP contribution < -0.4 is 0 Å². The van der Waals surface area contributed by atoms with Crippen LogP contribution in [0.4, 0.5) is 11.4 Å². The molecule has 0 saturated carbocycles. The molecule has 0 N–H and O–H groups in total. The highest BCUT2D eigenvalue weighted by Crippen LogP contribution is 2.41. The molecule has 274 valence electrons. The second kappa shape index (κ2) is 14.4. The normalized spacial score (nSPS) is 16.4. The summed E-state index contributed by atoms with van der Waals surface area (Å²) in [4.78, 5) is 26.6. The molecule has 2 aromatic rings. The summed E-state index contributed by atoms with van der Waals surface area (Å²) in [6.07, 6.45) is 11.3. The molecule has 6 heteroatoms. The third-order valence-corrected chi connectivity index (χ3v) is 9.50. The first-order valence-corrected chi connectivity index (χ1v) is 18.2.